The van der Waals surface area contributed by atoms with Crippen LogP contribution in [0.15, 0.2) is 6.33 Å². The number of imidazole rings is 1. The smallest absolute Gasteiger partial charge is 0.0925 e. The van der Waals surface area contributed by atoms with Gasteiger partial charge < -0.3 is 15.4 Å². The number of hydrogen-bond donors (Lipinski definition) is 3. The predicted octanol–water partition coefficient (Wildman–Crippen LogP) is 0.826. The highest BCUT2D eigenvalue weighted by Gasteiger charge is 2.15. The molecule has 1 rings (SSSR count). The predicted molar refractivity (Wildman–Crippen MR) is 55.9 cm³/mol. The van der Waals surface area contributed by atoms with Crippen LogP contribution in [0.25, 0.3) is 0 Å². The van der Waals surface area contributed by atoms with E-state index in [2.05, 4.69) is 15.3 Å². The maximum absolute atomic E-state index is 9.04. The zero-order valence-electron chi connectivity index (χ0n) is 9.09. The molecule has 1 heterocycles. The summed E-state index contributed by atoms with van der Waals surface area (Å²) in [7, 11) is 0. The molecule has 0 aliphatic rings. The number of aromatic amines is 1. The molecule has 0 aliphatic carbocycles. The van der Waals surface area contributed by atoms with Gasteiger partial charge in [0.05, 0.1) is 12.0 Å². The molecule has 4 nitrogen and oxygen atoms in total. The quantitative estimate of drug-likeness (QED) is 0.655. The summed E-state index contributed by atoms with van der Waals surface area (Å²) < 4.78 is 0. The molecule has 4 heteroatoms. The summed E-state index contributed by atoms with van der Waals surface area (Å²) in [6, 6.07) is 0. The first-order valence-electron chi connectivity index (χ1n) is 4.85. The minimum absolute atomic E-state index is 0.0653. The van der Waals surface area contributed by atoms with Crippen molar-refractivity contribution in [3.8, 4) is 0 Å². The minimum atomic E-state index is -0.0653. The van der Waals surface area contributed by atoms with Gasteiger partial charge in [0.25, 0.3) is 0 Å². The second-order valence-electron chi connectivity index (χ2n) is 4.40. The van der Waals surface area contributed by atoms with Crippen LogP contribution in [-0.2, 0) is 6.54 Å². The van der Waals surface area contributed by atoms with E-state index >= 15 is 0 Å². The molecule has 0 atom stereocenters. The number of hydrogen-bond acceptors (Lipinski definition) is 3. The van der Waals surface area contributed by atoms with Gasteiger partial charge in [-0.2, -0.15) is 0 Å². The Morgan fingerprint density at radius 1 is 1.57 bits per heavy atom. The monoisotopic (exact) mass is 197 g/mol. The van der Waals surface area contributed by atoms with Crippen molar-refractivity contribution < 1.29 is 5.11 Å². The van der Waals surface area contributed by atoms with Crippen molar-refractivity contribution in [2.75, 3.05) is 13.2 Å². The molecule has 0 aliphatic heterocycles. The van der Waals surface area contributed by atoms with Gasteiger partial charge in [-0.1, -0.05) is 13.8 Å². The first-order valence-corrected chi connectivity index (χ1v) is 4.85. The number of H-pyrrole nitrogens is 1. The molecule has 0 amide bonds. The maximum Gasteiger partial charge on any atom is 0.0925 e. The summed E-state index contributed by atoms with van der Waals surface area (Å²) in [5, 5.41) is 12.3. The first kappa shape index (κ1) is 11.2. The SMILES string of the molecule is Cc1[nH]cnc1CNCC(C)(C)CO. The molecule has 3 N–H and O–H groups in total. The minimum Gasteiger partial charge on any atom is -0.396 e. The molecule has 0 fully saturated rings. The van der Waals surface area contributed by atoms with Crippen LogP contribution in [-0.4, -0.2) is 28.2 Å². The second kappa shape index (κ2) is 4.57. The van der Waals surface area contributed by atoms with Gasteiger partial charge in [-0.05, 0) is 6.92 Å². The second-order valence-corrected chi connectivity index (χ2v) is 4.40. The largest absolute Gasteiger partial charge is 0.396 e. The Balaban J connectivity index is 2.32. The average molecular weight is 197 g/mol. The van der Waals surface area contributed by atoms with Gasteiger partial charge in [0, 0.05) is 30.8 Å². The third kappa shape index (κ3) is 3.12. The highest BCUT2D eigenvalue weighted by atomic mass is 16.3. The van der Waals surface area contributed by atoms with Crippen LogP contribution in [0.3, 0.4) is 0 Å². The summed E-state index contributed by atoms with van der Waals surface area (Å²) in [6.07, 6.45) is 1.70. The molecule has 0 spiro atoms. The van der Waals surface area contributed by atoms with E-state index in [-0.39, 0.29) is 12.0 Å². The molecule has 80 valence electrons. The standard InChI is InChI=1S/C10H19N3O/c1-8-9(13-7-12-8)4-11-5-10(2,3)6-14/h7,11,14H,4-6H2,1-3H3,(H,12,13). The van der Waals surface area contributed by atoms with E-state index in [1.807, 2.05) is 20.8 Å². The van der Waals surface area contributed by atoms with E-state index in [9.17, 15) is 0 Å². The Hall–Kier alpha value is -0.870. The first-order chi connectivity index (χ1) is 6.55. The van der Waals surface area contributed by atoms with E-state index in [0.717, 1.165) is 24.5 Å². The zero-order chi connectivity index (χ0) is 10.6. The molecule has 0 saturated carbocycles. The topological polar surface area (TPSA) is 60.9 Å². The summed E-state index contributed by atoms with van der Waals surface area (Å²) in [5.41, 5.74) is 2.07. The van der Waals surface area contributed by atoms with Crippen LogP contribution in [0, 0.1) is 12.3 Å². The van der Waals surface area contributed by atoms with E-state index in [1.165, 1.54) is 0 Å². The van der Waals surface area contributed by atoms with Crippen molar-refractivity contribution in [3.05, 3.63) is 17.7 Å². The van der Waals surface area contributed by atoms with Gasteiger partial charge in [-0.15, -0.1) is 0 Å². The lowest BCUT2D eigenvalue weighted by molar-refractivity contribution is 0.156. The molecule has 1 aromatic rings. The third-order valence-electron chi connectivity index (χ3n) is 2.26. The fraction of sp³-hybridized carbons (Fsp3) is 0.700. The molecule has 0 saturated heterocycles. The lowest BCUT2D eigenvalue weighted by atomic mass is 9.95. The highest BCUT2D eigenvalue weighted by molar-refractivity contribution is 5.07. The summed E-state index contributed by atoms with van der Waals surface area (Å²) in [5.74, 6) is 0. The lowest BCUT2D eigenvalue weighted by Crippen LogP contribution is -2.32. The zero-order valence-corrected chi connectivity index (χ0v) is 9.09. The molecule has 14 heavy (non-hydrogen) atoms. The number of nitrogens with one attached hydrogen (secondary N) is 2. The number of nitrogens with zero attached hydrogens (tertiary/aromatic N) is 1. The van der Waals surface area contributed by atoms with Crippen LogP contribution in [0.2, 0.25) is 0 Å². The van der Waals surface area contributed by atoms with Crippen LogP contribution < -0.4 is 5.32 Å². The van der Waals surface area contributed by atoms with Crippen LogP contribution in [0.1, 0.15) is 25.2 Å². The summed E-state index contributed by atoms with van der Waals surface area (Å²) in [4.78, 5) is 7.21. The number of aryl methyl sites for hydroxylation is 1. The number of aromatic nitrogens is 2. The van der Waals surface area contributed by atoms with Crippen molar-refractivity contribution in [3.63, 3.8) is 0 Å². The van der Waals surface area contributed by atoms with Gasteiger partial charge >= 0.3 is 0 Å². The van der Waals surface area contributed by atoms with Crippen LogP contribution >= 0.6 is 0 Å². The number of aliphatic hydroxyl groups is 1. The van der Waals surface area contributed by atoms with E-state index in [1.54, 1.807) is 6.33 Å². The fourth-order valence-corrected chi connectivity index (χ4v) is 1.14. The van der Waals surface area contributed by atoms with Crippen LogP contribution in [0.4, 0.5) is 0 Å². The lowest BCUT2D eigenvalue weighted by Gasteiger charge is -2.21. The fourth-order valence-electron chi connectivity index (χ4n) is 1.14. The van der Waals surface area contributed by atoms with Gasteiger partial charge in [0.1, 0.15) is 0 Å². The molecular formula is C10H19N3O. The van der Waals surface area contributed by atoms with E-state index in [0.29, 0.717) is 0 Å². The van der Waals surface area contributed by atoms with Crippen molar-refractivity contribution in [2.45, 2.75) is 27.3 Å². The normalized spacial score (nSPS) is 12.0. The van der Waals surface area contributed by atoms with Gasteiger partial charge in [-0.3, -0.25) is 0 Å². The maximum atomic E-state index is 9.04. The van der Waals surface area contributed by atoms with Gasteiger partial charge in [0.2, 0.25) is 0 Å². The van der Waals surface area contributed by atoms with Crippen molar-refractivity contribution in [1.29, 1.82) is 0 Å². The molecule has 0 aromatic carbocycles. The molecule has 0 bridgehead atoms. The third-order valence-corrected chi connectivity index (χ3v) is 2.26. The highest BCUT2D eigenvalue weighted by Crippen LogP contribution is 2.11. The van der Waals surface area contributed by atoms with Gasteiger partial charge in [-0.25, -0.2) is 4.98 Å². The Morgan fingerprint density at radius 2 is 2.29 bits per heavy atom. The Morgan fingerprint density at radius 3 is 2.79 bits per heavy atom. The van der Waals surface area contributed by atoms with Gasteiger partial charge in [0.15, 0.2) is 0 Å². The van der Waals surface area contributed by atoms with E-state index in [4.69, 9.17) is 5.11 Å². The Bertz CT molecular complexity index is 281. The van der Waals surface area contributed by atoms with Crippen LogP contribution in [0.5, 0.6) is 0 Å². The Labute approximate surface area is 84.8 Å². The average Bonchev–Trinajstić information content (AvgIpc) is 2.52. The summed E-state index contributed by atoms with van der Waals surface area (Å²) >= 11 is 0. The van der Waals surface area contributed by atoms with Crippen molar-refractivity contribution in [2.24, 2.45) is 5.41 Å². The number of aliphatic hydroxyl groups excluding tert-OH is 1. The molecule has 1 aromatic heterocycles. The molecular weight excluding hydrogens is 178 g/mol. The van der Waals surface area contributed by atoms with Crippen molar-refractivity contribution in [1.82, 2.24) is 15.3 Å². The Kier molecular flexibility index (Phi) is 3.66. The van der Waals surface area contributed by atoms with E-state index < -0.39 is 0 Å². The molecule has 0 unspecified atom stereocenters. The number of rotatable bonds is 5. The van der Waals surface area contributed by atoms with Crippen molar-refractivity contribution >= 4 is 0 Å². The molecule has 0 radical (unpaired) electrons. The summed E-state index contributed by atoms with van der Waals surface area (Å²) in [6.45, 7) is 7.78.